The third kappa shape index (κ3) is 4.52. The van der Waals surface area contributed by atoms with Gasteiger partial charge in [-0.2, -0.15) is 0 Å². The Labute approximate surface area is 192 Å². The van der Waals surface area contributed by atoms with Gasteiger partial charge >= 0.3 is 0 Å². The maximum Gasteiger partial charge on any atom is 0.295 e. The van der Waals surface area contributed by atoms with Gasteiger partial charge in [-0.3, -0.25) is 9.59 Å². The quantitative estimate of drug-likeness (QED) is 0.390. The summed E-state index contributed by atoms with van der Waals surface area (Å²) >= 11 is 0. The van der Waals surface area contributed by atoms with Gasteiger partial charge in [0.25, 0.3) is 11.7 Å². The van der Waals surface area contributed by atoms with Crippen molar-refractivity contribution in [2.75, 3.05) is 33.5 Å². The number of carbonyl (C=O) groups is 2. The number of aliphatic hydroxyl groups is 1. The number of rotatable bonds is 7. The van der Waals surface area contributed by atoms with Gasteiger partial charge in [-0.05, 0) is 49.7 Å². The van der Waals surface area contributed by atoms with Gasteiger partial charge in [-0.25, -0.2) is 0 Å². The lowest BCUT2D eigenvalue weighted by atomic mass is 9.95. The first kappa shape index (κ1) is 22.7. The highest BCUT2D eigenvalue weighted by Gasteiger charge is 2.46. The molecule has 33 heavy (non-hydrogen) atoms. The second-order valence-corrected chi connectivity index (χ2v) is 8.05. The fourth-order valence-corrected chi connectivity index (χ4v) is 4.00. The molecule has 0 bridgehead atoms. The number of methoxy groups -OCH3 is 1. The standard InChI is InChI=1S/C25H27NO7/c1-15(2)31-10-9-26-22(16-5-4-6-18(13-16)30-3)21(24(28)25(26)29)23(27)17-7-8-19-20(14-17)33-12-11-32-19/h4-8,13-15,22,27H,9-12H2,1-3H3/b23-21-. The molecule has 0 aliphatic carbocycles. The van der Waals surface area contributed by atoms with Gasteiger partial charge in [0.1, 0.15) is 24.7 Å². The molecule has 2 heterocycles. The number of hydrogen-bond donors (Lipinski definition) is 1. The van der Waals surface area contributed by atoms with Crippen LogP contribution in [0.15, 0.2) is 48.0 Å². The van der Waals surface area contributed by atoms with Crippen molar-refractivity contribution in [2.45, 2.75) is 26.0 Å². The Morgan fingerprint density at radius 1 is 1.12 bits per heavy atom. The van der Waals surface area contributed by atoms with E-state index < -0.39 is 17.7 Å². The van der Waals surface area contributed by atoms with E-state index in [2.05, 4.69) is 0 Å². The molecule has 2 aromatic carbocycles. The molecule has 1 amide bonds. The molecule has 0 radical (unpaired) electrons. The Kier molecular flexibility index (Phi) is 6.55. The Balaban J connectivity index is 1.79. The van der Waals surface area contributed by atoms with Gasteiger partial charge < -0.3 is 29.0 Å². The fourth-order valence-electron chi connectivity index (χ4n) is 4.00. The lowest BCUT2D eigenvalue weighted by molar-refractivity contribution is -0.140. The second-order valence-electron chi connectivity index (χ2n) is 8.05. The number of nitrogens with zero attached hydrogens (tertiary/aromatic N) is 1. The zero-order valence-electron chi connectivity index (χ0n) is 18.9. The van der Waals surface area contributed by atoms with E-state index in [1.54, 1.807) is 49.6 Å². The number of amides is 1. The molecule has 0 saturated carbocycles. The topological polar surface area (TPSA) is 94.5 Å². The van der Waals surface area contributed by atoms with Crippen LogP contribution in [0.2, 0.25) is 0 Å². The number of ether oxygens (including phenoxy) is 4. The minimum atomic E-state index is -0.788. The highest BCUT2D eigenvalue weighted by atomic mass is 16.6. The molecule has 1 atom stereocenters. The molecule has 1 fully saturated rings. The predicted octanol–water partition coefficient (Wildman–Crippen LogP) is 3.31. The van der Waals surface area contributed by atoms with E-state index in [4.69, 9.17) is 18.9 Å². The Morgan fingerprint density at radius 3 is 2.61 bits per heavy atom. The molecule has 1 unspecified atom stereocenters. The normalized spacial score (nSPS) is 19.3. The summed E-state index contributed by atoms with van der Waals surface area (Å²) in [4.78, 5) is 27.5. The minimum Gasteiger partial charge on any atom is -0.507 e. The van der Waals surface area contributed by atoms with Gasteiger partial charge in [-0.1, -0.05) is 12.1 Å². The van der Waals surface area contributed by atoms with E-state index in [0.717, 1.165) is 0 Å². The molecule has 8 heteroatoms. The molecule has 2 aliphatic heterocycles. The van der Waals surface area contributed by atoms with E-state index >= 15 is 0 Å². The maximum absolute atomic E-state index is 13.1. The van der Waals surface area contributed by atoms with Gasteiger partial charge in [0.15, 0.2) is 11.5 Å². The van der Waals surface area contributed by atoms with Crippen LogP contribution in [-0.4, -0.2) is 61.3 Å². The zero-order chi connectivity index (χ0) is 23.5. The third-order valence-electron chi connectivity index (χ3n) is 5.55. The summed E-state index contributed by atoms with van der Waals surface area (Å²) < 4.78 is 22.1. The van der Waals surface area contributed by atoms with Crippen LogP contribution in [-0.2, 0) is 14.3 Å². The summed E-state index contributed by atoms with van der Waals surface area (Å²) in [5.41, 5.74) is 1.02. The van der Waals surface area contributed by atoms with Crippen LogP contribution in [0.5, 0.6) is 17.2 Å². The zero-order valence-corrected chi connectivity index (χ0v) is 18.9. The van der Waals surface area contributed by atoms with E-state index in [1.165, 1.54) is 4.90 Å². The van der Waals surface area contributed by atoms with Crippen molar-refractivity contribution < 1.29 is 33.6 Å². The van der Waals surface area contributed by atoms with E-state index in [0.29, 0.717) is 41.6 Å². The highest BCUT2D eigenvalue weighted by Crippen LogP contribution is 2.41. The van der Waals surface area contributed by atoms with Crippen LogP contribution in [0.3, 0.4) is 0 Å². The minimum absolute atomic E-state index is 0.00878. The Hall–Kier alpha value is -3.52. The first-order valence-corrected chi connectivity index (χ1v) is 10.8. The number of carbonyl (C=O) groups excluding carboxylic acids is 2. The summed E-state index contributed by atoms with van der Waals surface area (Å²) in [6.07, 6.45) is -0.0187. The molecular weight excluding hydrogens is 426 g/mol. The van der Waals surface area contributed by atoms with E-state index in [9.17, 15) is 14.7 Å². The molecule has 174 valence electrons. The van der Waals surface area contributed by atoms with Crippen LogP contribution in [0.1, 0.15) is 31.0 Å². The monoisotopic (exact) mass is 453 g/mol. The summed E-state index contributed by atoms with van der Waals surface area (Å²) in [5, 5.41) is 11.2. The van der Waals surface area contributed by atoms with Crippen molar-refractivity contribution in [3.63, 3.8) is 0 Å². The van der Waals surface area contributed by atoms with Crippen molar-refractivity contribution in [1.29, 1.82) is 0 Å². The highest BCUT2D eigenvalue weighted by molar-refractivity contribution is 6.46. The largest absolute Gasteiger partial charge is 0.507 e. The third-order valence-corrected chi connectivity index (χ3v) is 5.55. The van der Waals surface area contributed by atoms with E-state index in [-0.39, 0.29) is 30.6 Å². The molecule has 1 saturated heterocycles. The number of ketones is 1. The average Bonchev–Trinajstić information content (AvgIpc) is 3.08. The molecule has 2 aliphatic rings. The summed E-state index contributed by atoms with van der Waals surface area (Å²) in [7, 11) is 1.54. The number of benzene rings is 2. The van der Waals surface area contributed by atoms with Gasteiger partial charge in [-0.15, -0.1) is 0 Å². The molecule has 0 spiro atoms. The number of likely N-dealkylation sites (tertiary alicyclic amines) is 1. The number of fused-ring (bicyclic) bond motifs is 1. The van der Waals surface area contributed by atoms with Crippen molar-refractivity contribution in [2.24, 2.45) is 0 Å². The molecular formula is C25H27NO7. The summed E-state index contributed by atoms with van der Waals surface area (Å²) in [6.45, 7) is 5.09. The lowest BCUT2D eigenvalue weighted by Crippen LogP contribution is -2.33. The number of hydrogen-bond acceptors (Lipinski definition) is 7. The van der Waals surface area contributed by atoms with Crippen molar-refractivity contribution in [3.05, 3.63) is 59.2 Å². The van der Waals surface area contributed by atoms with Crippen molar-refractivity contribution in [1.82, 2.24) is 4.90 Å². The van der Waals surface area contributed by atoms with Gasteiger partial charge in [0.2, 0.25) is 0 Å². The second kappa shape index (κ2) is 9.54. The SMILES string of the molecule is COc1cccc(C2/C(=C(/O)c3ccc4c(c3)OCCO4)C(=O)C(=O)N2CCOC(C)C)c1. The van der Waals surface area contributed by atoms with Gasteiger partial charge in [0.05, 0.1) is 31.4 Å². The maximum atomic E-state index is 13.1. The fraction of sp³-hybridized carbons (Fsp3) is 0.360. The van der Waals surface area contributed by atoms with Crippen LogP contribution >= 0.6 is 0 Å². The van der Waals surface area contributed by atoms with Crippen molar-refractivity contribution >= 4 is 17.4 Å². The lowest BCUT2D eigenvalue weighted by Gasteiger charge is -2.26. The van der Waals surface area contributed by atoms with Crippen LogP contribution in [0.25, 0.3) is 5.76 Å². The summed E-state index contributed by atoms with van der Waals surface area (Å²) in [5.74, 6) is -0.0912. The molecule has 1 N–H and O–H groups in total. The Morgan fingerprint density at radius 2 is 1.88 bits per heavy atom. The molecule has 2 aromatic rings. The predicted molar refractivity (Wildman–Crippen MR) is 121 cm³/mol. The van der Waals surface area contributed by atoms with Crippen LogP contribution < -0.4 is 14.2 Å². The van der Waals surface area contributed by atoms with Crippen molar-refractivity contribution in [3.8, 4) is 17.2 Å². The Bertz CT molecular complexity index is 1090. The first-order valence-electron chi connectivity index (χ1n) is 10.8. The first-order chi connectivity index (χ1) is 15.9. The van der Waals surface area contributed by atoms with Crippen LogP contribution in [0, 0.1) is 0 Å². The number of Topliss-reactive ketones (excluding diaryl/α,β-unsaturated/α-hetero) is 1. The molecule has 8 nitrogen and oxygen atoms in total. The average molecular weight is 453 g/mol. The summed E-state index contributed by atoms with van der Waals surface area (Å²) in [6, 6.07) is 11.3. The number of aliphatic hydroxyl groups excluding tert-OH is 1. The molecule has 4 rings (SSSR count). The van der Waals surface area contributed by atoms with Gasteiger partial charge in [0, 0.05) is 12.1 Å². The van der Waals surface area contributed by atoms with E-state index in [1.807, 2.05) is 13.8 Å². The van der Waals surface area contributed by atoms with Crippen LogP contribution in [0.4, 0.5) is 0 Å². The smallest absolute Gasteiger partial charge is 0.295 e. The molecule has 0 aromatic heterocycles.